The largest absolute Gasteiger partial charge is 0.481 e. The van der Waals surface area contributed by atoms with E-state index >= 15 is 0 Å². The summed E-state index contributed by atoms with van der Waals surface area (Å²) in [7, 11) is 0. The number of ether oxygens (including phenoxy) is 1. The van der Waals surface area contributed by atoms with Crippen LogP contribution in [0.2, 0.25) is 0 Å². The van der Waals surface area contributed by atoms with Crippen LogP contribution in [0.4, 0.5) is 5.69 Å². The fraction of sp³-hybridized carbons (Fsp3) is 0.458. The fourth-order valence-corrected chi connectivity index (χ4v) is 3.93. The zero-order valence-electron chi connectivity index (χ0n) is 17.3. The fourth-order valence-electron chi connectivity index (χ4n) is 3.93. The maximum Gasteiger partial charge on any atom is 0.261 e. The van der Waals surface area contributed by atoms with Gasteiger partial charge < -0.3 is 15.0 Å². The van der Waals surface area contributed by atoms with Crippen LogP contribution in [0.5, 0.6) is 5.75 Å². The molecule has 0 unspecified atom stereocenters. The van der Waals surface area contributed by atoms with E-state index < -0.39 is 6.10 Å². The molecule has 150 valence electrons. The molecule has 2 aromatic carbocycles. The maximum atomic E-state index is 12.5. The van der Waals surface area contributed by atoms with Gasteiger partial charge in [-0.15, -0.1) is 0 Å². The van der Waals surface area contributed by atoms with Crippen molar-refractivity contribution in [3.8, 4) is 5.75 Å². The molecule has 0 saturated heterocycles. The smallest absolute Gasteiger partial charge is 0.261 e. The number of carbonyl (C=O) groups excluding carboxylic acids is 1. The summed E-state index contributed by atoms with van der Waals surface area (Å²) in [5.41, 5.74) is 5.08. The van der Waals surface area contributed by atoms with Crippen molar-refractivity contribution in [1.29, 1.82) is 0 Å². The minimum absolute atomic E-state index is 0.0271. The van der Waals surface area contributed by atoms with Crippen LogP contribution in [0, 0.1) is 13.8 Å². The molecule has 1 atom stereocenters. The van der Waals surface area contributed by atoms with Crippen molar-refractivity contribution in [1.82, 2.24) is 5.32 Å². The highest BCUT2D eigenvalue weighted by molar-refractivity contribution is 5.81. The van der Waals surface area contributed by atoms with E-state index in [1.165, 1.54) is 17.7 Å². The number of para-hydroxylation sites is 1. The van der Waals surface area contributed by atoms with Crippen molar-refractivity contribution in [2.24, 2.45) is 0 Å². The number of benzene rings is 2. The van der Waals surface area contributed by atoms with E-state index in [1.54, 1.807) is 0 Å². The molecule has 3 rings (SSSR count). The van der Waals surface area contributed by atoms with Crippen LogP contribution >= 0.6 is 0 Å². The van der Waals surface area contributed by atoms with Gasteiger partial charge in [0.1, 0.15) is 5.75 Å². The van der Waals surface area contributed by atoms with Crippen LogP contribution in [0.25, 0.3) is 0 Å². The lowest BCUT2D eigenvalue weighted by atomic mass is 10.0. The number of rotatable bonds is 8. The molecule has 0 aliphatic carbocycles. The zero-order valence-corrected chi connectivity index (χ0v) is 17.3. The van der Waals surface area contributed by atoms with E-state index in [-0.39, 0.29) is 5.91 Å². The first kappa shape index (κ1) is 20.2. The summed E-state index contributed by atoms with van der Waals surface area (Å²) in [6.45, 7) is 8.80. The van der Waals surface area contributed by atoms with Gasteiger partial charge in [0.2, 0.25) is 0 Å². The van der Waals surface area contributed by atoms with Crippen molar-refractivity contribution in [3.63, 3.8) is 0 Å². The van der Waals surface area contributed by atoms with Crippen molar-refractivity contribution >= 4 is 11.6 Å². The van der Waals surface area contributed by atoms with Crippen molar-refractivity contribution in [3.05, 3.63) is 59.2 Å². The van der Waals surface area contributed by atoms with Gasteiger partial charge in [-0.25, -0.2) is 0 Å². The Morgan fingerprint density at radius 2 is 1.93 bits per heavy atom. The number of nitrogens with one attached hydrogen (secondary N) is 1. The Kier molecular flexibility index (Phi) is 6.96. The predicted molar refractivity (Wildman–Crippen MR) is 115 cm³/mol. The summed E-state index contributed by atoms with van der Waals surface area (Å²) >= 11 is 0. The molecule has 1 N–H and O–H groups in total. The quantitative estimate of drug-likeness (QED) is 0.689. The van der Waals surface area contributed by atoms with Gasteiger partial charge in [0.25, 0.3) is 5.91 Å². The molecule has 4 heteroatoms. The topological polar surface area (TPSA) is 41.6 Å². The SMILES string of the molecule is CC[C@@H](Oc1cc(C)cc(C)c1)C(=O)NCCCN1CCCc2ccccc21. The second-order valence-electron chi connectivity index (χ2n) is 7.70. The standard InChI is InChI=1S/C24H32N2O2/c1-4-23(28-21-16-18(2)15-19(3)17-21)24(27)25-12-8-14-26-13-7-10-20-9-5-6-11-22(20)26/h5-6,9,11,15-17,23H,4,7-8,10,12-14H2,1-3H3,(H,25,27)/t23-/m1/s1. The molecule has 0 aromatic heterocycles. The number of hydrogen-bond donors (Lipinski definition) is 1. The molecule has 1 aliphatic rings. The van der Waals surface area contributed by atoms with Crippen LogP contribution < -0.4 is 15.0 Å². The van der Waals surface area contributed by atoms with Gasteiger partial charge in [-0.3, -0.25) is 4.79 Å². The van der Waals surface area contributed by atoms with Gasteiger partial charge in [0.15, 0.2) is 6.10 Å². The van der Waals surface area contributed by atoms with Crippen LogP contribution in [0.1, 0.15) is 42.9 Å². The first-order valence-electron chi connectivity index (χ1n) is 10.4. The summed E-state index contributed by atoms with van der Waals surface area (Å²) in [4.78, 5) is 15.0. The number of fused-ring (bicyclic) bond motifs is 1. The first-order chi connectivity index (χ1) is 13.6. The van der Waals surface area contributed by atoms with Crippen molar-refractivity contribution in [2.75, 3.05) is 24.5 Å². The minimum Gasteiger partial charge on any atom is -0.481 e. The number of amides is 1. The molecule has 0 radical (unpaired) electrons. The normalized spacial score (nSPS) is 14.3. The molecular weight excluding hydrogens is 348 g/mol. The van der Waals surface area contributed by atoms with Gasteiger partial charge >= 0.3 is 0 Å². The minimum atomic E-state index is -0.447. The zero-order chi connectivity index (χ0) is 19.9. The Morgan fingerprint density at radius 3 is 2.68 bits per heavy atom. The molecule has 0 fully saturated rings. The van der Waals surface area contributed by atoms with E-state index in [0.29, 0.717) is 13.0 Å². The highest BCUT2D eigenvalue weighted by Crippen LogP contribution is 2.26. The molecule has 28 heavy (non-hydrogen) atoms. The lowest BCUT2D eigenvalue weighted by Gasteiger charge is -2.31. The monoisotopic (exact) mass is 380 g/mol. The number of carbonyl (C=O) groups is 1. The summed E-state index contributed by atoms with van der Waals surface area (Å²) in [6, 6.07) is 14.7. The number of aryl methyl sites for hydroxylation is 3. The Bertz CT molecular complexity index is 783. The second-order valence-corrected chi connectivity index (χ2v) is 7.70. The highest BCUT2D eigenvalue weighted by Gasteiger charge is 2.19. The van der Waals surface area contributed by atoms with Gasteiger partial charge in [-0.2, -0.15) is 0 Å². The van der Waals surface area contributed by atoms with Gasteiger partial charge in [0, 0.05) is 25.3 Å². The average Bonchev–Trinajstić information content (AvgIpc) is 2.68. The van der Waals surface area contributed by atoms with E-state index in [2.05, 4.69) is 40.5 Å². The van der Waals surface area contributed by atoms with Crippen LogP contribution in [-0.4, -0.2) is 31.6 Å². The van der Waals surface area contributed by atoms with E-state index in [9.17, 15) is 4.79 Å². The molecule has 0 spiro atoms. The Labute approximate surface area is 168 Å². The van der Waals surface area contributed by atoms with Crippen LogP contribution in [0.15, 0.2) is 42.5 Å². The number of anilines is 1. The first-order valence-corrected chi connectivity index (χ1v) is 10.4. The molecular formula is C24H32N2O2. The van der Waals surface area contributed by atoms with E-state index in [4.69, 9.17) is 4.74 Å². The highest BCUT2D eigenvalue weighted by atomic mass is 16.5. The average molecular weight is 381 g/mol. The summed E-state index contributed by atoms with van der Waals surface area (Å²) in [5, 5.41) is 3.06. The van der Waals surface area contributed by atoms with Crippen molar-refractivity contribution < 1.29 is 9.53 Å². The lowest BCUT2D eigenvalue weighted by molar-refractivity contribution is -0.128. The van der Waals surface area contributed by atoms with Gasteiger partial charge in [0.05, 0.1) is 0 Å². The molecule has 1 amide bonds. The maximum absolute atomic E-state index is 12.5. The second kappa shape index (κ2) is 9.63. The van der Waals surface area contributed by atoms with Gasteiger partial charge in [-0.05, 0) is 74.4 Å². The Morgan fingerprint density at radius 1 is 1.18 bits per heavy atom. The molecule has 1 aliphatic heterocycles. The van der Waals surface area contributed by atoms with Gasteiger partial charge in [-0.1, -0.05) is 31.2 Å². The van der Waals surface area contributed by atoms with E-state index in [1.807, 2.05) is 32.9 Å². The third kappa shape index (κ3) is 5.28. The summed E-state index contributed by atoms with van der Waals surface area (Å²) < 4.78 is 5.96. The lowest BCUT2D eigenvalue weighted by Crippen LogP contribution is -2.39. The molecule has 1 heterocycles. The van der Waals surface area contributed by atoms with Crippen molar-refractivity contribution in [2.45, 2.75) is 52.6 Å². The molecule has 4 nitrogen and oxygen atoms in total. The number of hydrogen-bond acceptors (Lipinski definition) is 3. The predicted octanol–water partition coefficient (Wildman–Crippen LogP) is 4.42. The van der Waals surface area contributed by atoms with Crippen LogP contribution in [0.3, 0.4) is 0 Å². The summed E-state index contributed by atoms with van der Waals surface area (Å²) in [5.74, 6) is 0.741. The third-order valence-corrected chi connectivity index (χ3v) is 5.25. The Balaban J connectivity index is 1.47. The summed E-state index contributed by atoms with van der Waals surface area (Å²) in [6.07, 6.45) is 3.50. The number of nitrogens with zero attached hydrogens (tertiary/aromatic N) is 1. The van der Waals surface area contributed by atoms with E-state index in [0.717, 1.165) is 42.8 Å². The molecule has 2 aromatic rings. The van der Waals surface area contributed by atoms with Crippen LogP contribution in [-0.2, 0) is 11.2 Å². The molecule has 0 saturated carbocycles. The Hall–Kier alpha value is -2.49. The molecule has 0 bridgehead atoms. The third-order valence-electron chi connectivity index (χ3n) is 5.25.